The third-order valence-corrected chi connectivity index (χ3v) is 4.53. The molecule has 0 saturated carbocycles. The molecule has 150 valence electrons. The number of rotatable bonds is 10. The number of carbonyl (C=O) groups excluding carboxylic acids is 2. The molecule has 0 aliphatic heterocycles. The average molecular weight is 378 g/mol. The number of carboxylic acid groups (broad SMARTS) is 1. The van der Waals surface area contributed by atoms with Gasteiger partial charge in [0.2, 0.25) is 11.8 Å². The molecular formula is C20H30N2O5. The van der Waals surface area contributed by atoms with Crippen molar-refractivity contribution >= 4 is 17.8 Å². The van der Waals surface area contributed by atoms with Crippen molar-refractivity contribution in [2.24, 2.45) is 17.8 Å². The maximum Gasteiger partial charge on any atom is 0.307 e. The summed E-state index contributed by atoms with van der Waals surface area (Å²) in [5.41, 5.74) is 0.858. The van der Waals surface area contributed by atoms with Crippen LogP contribution in [0.1, 0.15) is 32.8 Å². The summed E-state index contributed by atoms with van der Waals surface area (Å²) in [6.45, 7) is 5.39. The molecule has 0 aliphatic rings. The molecule has 7 nitrogen and oxygen atoms in total. The molecule has 27 heavy (non-hydrogen) atoms. The first-order chi connectivity index (χ1) is 12.7. The molecule has 7 heteroatoms. The van der Waals surface area contributed by atoms with Crippen LogP contribution in [0.15, 0.2) is 24.3 Å². The second-order valence-electron chi connectivity index (χ2n) is 7.09. The number of methoxy groups -OCH3 is 1. The van der Waals surface area contributed by atoms with Gasteiger partial charge in [-0.15, -0.1) is 0 Å². The molecule has 3 atom stereocenters. The van der Waals surface area contributed by atoms with Gasteiger partial charge in [0.15, 0.2) is 0 Å². The first kappa shape index (κ1) is 22.5. The monoisotopic (exact) mass is 378 g/mol. The number of hydrogen-bond donors (Lipinski definition) is 3. The van der Waals surface area contributed by atoms with Crippen molar-refractivity contribution in [1.82, 2.24) is 10.6 Å². The van der Waals surface area contributed by atoms with Crippen molar-refractivity contribution in [2.45, 2.75) is 39.7 Å². The number of aliphatic carboxylic acids is 1. The molecule has 0 aromatic heterocycles. The second kappa shape index (κ2) is 10.5. The summed E-state index contributed by atoms with van der Waals surface area (Å²) in [5, 5.41) is 14.6. The van der Waals surface area contributed by atoms with Crippen molar-refractivity contribution in [2.75, 3.05) is 14.2 Å². The van der Waals surface area contributed by atoms with Crippen LogP contribution in [-0.4, -0.2) is 43.1 Å². The van der Waals surface area contributed by atoms with Crippen LogP contribution in [0.3, 0.4) is 0 Å². The molecule has 0 aliphatic carbocycles. The van der Waals surface area contributed by atoms with E-state index < -0.39 is 29.8 Å². The Morgan fingerprint density at radius 3 is 2.11 bits per heavy atom. The highest BCUT2D eigenvalue weighted by Gasteiger charge is 2.33. The van der Waals surface area contributed by atoms with E-state index in [-0.39, 0.29) is 11.8 Å². The Morgan fingerprint density at radius 1 is 1.07 bits per heavy atom. The van der Waals surface area contributed by atoms with Gasteiger partial charge in [-0.05, 0) is 30.0 Å². The molecule has 0 saturated heterocycles. The van der Waals surface area contributed by atoms with Gasteiger partial charge in [0, 0.05) is 13.5 Å². The molecule has 0 bridgehead atoms. The first-order valence-electron chi connectivity index (χ1n) is 9.07. The topological polar surface area (TPSA) is 105 Å². The molecule has 0 fully saturated rings. The Balaban J connectivity index is 2.96. The normalized spacial score (nSPS) is 14.1. The Bertz CT molecular complexity index is 642. The average Bonchev–Trinajstić information content (AvgIpc) is 2.64. The van der Waals surface area contributed by atoms with E-state index in [4.69, 9.17) is 4.74 Å². The van der Waals surface area contributed by atoms with Crippen molar-refractivity contribution < 1.29 is 24.2 Å². The second-order valence-corrected chi connectivity index (χ2v) is 7.09. The van der Waals surface area contributed by atoms with Crippen molar-refractivity contribution in [1.29, 1.82) is 0 Å². The van der Waals surface area contributed by atoms with Gasteiger partial charge < -0.3 is 20.5 Å². The standard InChI is InChI=1S/C20H30N2O5/c1-12(2)10-16(13(3)20(25)26)18(23)22-17(19(24)21-4)11-14-6-8-15(27-5)9-7-14/h6-9,12-13,16-17H,10-11H2,1-5H3,(H,21,24)(H,22,23)(H,25,26)/t13?,16?,17-/m0/s1. The molecule has 0 radical (unpaired) electrons. The van der Waals surface area contributed by atoms with Crippen LogP contribution < -0.4 is 15.4 Å². The van der Waals surface area contributed by atoms with E-state index in [1.165, 1.54) is 14.0 Å². The van der Waals surface area contributed by atoms with Crippen molar-refractivity contribution in [3.8, 4) is 5.75 Å². The van der Waals surface area contributed by atoms with Crippen LogP contribution in [0.4, 0.5) is 0 Å². The quantitative estimate of drug-likeness (QED) is 0.576. The van der Waals surface area contributed by atoms with Crippen LogP contribution in [0, 0.1) is 17.8 Å². The van der Waals surface area contributed by atoms with E-state index in [0.717, 1.165) is 5.56 Å². The van der Waals surface area contributed by atoms with E-state index >= 15 is 0 Å². The third-order valence-electron chi connectivity index (χ3n) is 4.53. The van der Waals surface area contributed by atoms with Gasteiger partial charge in [-0.3, -0.25) is 14.4 Å². The lowest BCUT2D eigenvalue weighted by atomic mass is 9.85. The number of hydrogen-bond acceptors (Lipinski definition) is 4. The molecule has 2 unspecified atom stereocenters. The predicted octanol–water partition coefficient (Wildman–Crippen LogP) is 1.85. The minimum atomic E-state index is -1.03. The number of carboxylic acids is 1. The fourth-order valence-corrected chi connectivity index (χ4v) is 2.88. The van der Waals surface area contributed by atoms with Crippen molar-refractivity contribution in [3.63, 3.8) is 0 Å². The van der Waals surface area contributed by atoms with E-state index in [2.05, 4.69) is 10.6 Å². The molecule has 1 aromatic rings. The lowest BCUT2D eigenvalue weighted by Crippen LogP contribution is -2.50. The molecule has 2 amide bonds. The molecule has 1 aromatic carbocycles. The third kappa shape index (κ3) is 6.92. The van der Waals surface area contributed by atoms with Gasteiger partial charge in [0.1, 0.15) is 11.8 Å². The van der Waals surface area contributed by atoms with E-state index in [1.54, 1.807) is 19.2 Å². The summed E-state index contributed by atoms with van der Waals surface area (Å²) in [6.07, 6.45) is 0.730. The largest absolute Gasteiger partial charge is 0.497 e. The highest BCUT2D eigenvalue weighted by Crippen LogP contribution is 2.22. The summed E-state index contributed by atoms with van der Waals surface area (Å²) in [5.74, 6) is -2.45. The molecule has 0 spiro atoms. The SMILES string of the molecule is CNC(=O)[C@H](Cc1ccc(OC)cc1)NC(=O)C(CC(C)C)C(C)C(=O)O. The van der Waals surface area contributed by atoms with E-state index in [1.807, 2.05) is 26.0 Å². The fraction of sp³-hybridized carbons (Fsp3) is 0.550. The number of nitrogens with one attached hydrogen (secondary N) is 2. The smallest absolute Gasteiger partial charge is 0.307 e. The minimum Gasteiger partial charge on any atom is -0.497 e. The molecule has 1 rings (SSSR count). The summed E-state index contributed by atoms with van der Waals surface area (Å²) in [4.78, 5) is 36.4. The van der Waals surface area contributed by atoms with Gasteiger partial charge in [-0.2, -0.15) is 0 Å². The van der Waals surface area contributed by atoms with Gasteiger partial charge in [0.05, 0.1) is 18.9 Å². The van der Waals surface area contributed by atoms with Crippen molar-refractivity contribution in [3.05, 3.63) is 29.8 Å². The van der Waals surface area contributed by atoms with Crippen LogP contribution in [-0.2, 0) is 20.8 Å². The zero-order chi connectivity index (χ0) is 20.6. The lowest BCUT2D eigenvalue weighted by Gasteiger charge is -2.25. The van der Waals surface area contributed by atoms with Gasteiger partial charge in [-0.25, -0.2) is 0 Å². The van der Waals surface area contributed by atoms with E-state index in [9.17, 15) is 19.5 Å². The Labute approximate surface area is 160 Å². The Hall–Kier alpha value is -2.57. The lowest BCUT2D eigenvalue weighted by molar-refractivity contribution is -0.147. The number of benzene rings is 1. The Kier molecular flexibility index (Phi) is 8.78. The number of amides is 2. The number of likely N-dealkylation sites (N-methyl/N-ethyl adjacent to an activating group) is 1. The number of carbonyl (C=O) groups is 3. The summed E-state index contributed by atoms with van der Waals surface area (Å²) in [7, 11) is 3.07. The molecule has 3 N–H and O–H groups in total. The summed E-state index contributed by atoms with van der Waals surface area (Å²) < 4.78 is 5.12. The van der Waals surface area contributed by atoms with Crippen LogP contribution in [0.2, 0.25) is 0 Å². The molecular weight excluding hydrogens is 348 g/mol. The zero-order valence-corrected chi connectivity index (χ0v) is 16.6. The highest BCUT2D eigenvalue weighted by atomic mass is 16.5. The Morgan fingerprint density at radius 2 is 1.67 bits per heavy atom. The molecule has 0 heterocycles. The predicted molar refractivity (Wildman–Crippen MR) is 102 cm³/mol. The fourth-order valence-electron chi connectivity index (χ4n) is 2.88. The highest BCUT2D eigenvalue weighted by molar-refractivity contribution is 5.90. The van der Waals surface area contributed by atoms with Crippen LogP contribution in [0.5, 0.6) is 5.75 Å². The van der Waals surface area contributed by atoms with Crippen LogP contribution >= 0.6 is 0 Å². The number of ether oxygens (including phenoxy) is 1. The minimum absolute atomic E-state index is 0.155. The first-order valence-corrected chi connectivity index (χ1v) is 9.07. The zero-order valence-electron chi connectivity index (χ0n) is 16.6. The van der Waals surface area contributed by atoms with Crippen LogP contribution in [0.25, 0.3) is 0 Å². The summed E-state index contributed by atoms with van der Waals surface area (Å²) in [6, 6.07) is 6.43. The van der Waals surface area contributed by atoms with E-state index in [0.29, 0.717) is 18.6 Å². The van der Waals surface area contributed by atoms with Gasteiger partial charge in [-0.1, -0.05) is 32.9 Å². The van der Waals surface area contributed by atoms with Gasteiger partial charge >= 0.3 is 5.97 Å². The summed E-state index contributed by atoms with van der Waals surface area (Å²) >= 11 is 0. The van der Waals surface area contributed by atoms with Gasteiger partial charge in [0.25, 0.3) is 0 Å². The maximum atomic E-state index is 12.8. The maximum absolute atomic E-state index is 12.8.